The minimum atomic E-state index is -3.04. The number of carbonyl (C=O) groups is 1. The summed E-state index contributed by atoms with van der Waals surface area (Å²) in [5.41, 5.74) is 1.74. The summed E-state index contributed by atoms with van der Waals surface area (Å²) in [5, 5.41) is 3.28. The predicted molar refractivity (Wildman–Crippen MR) is 108 cm³/mol. The van der Waals surface area contributed by atoms with E-state index >= 15 is 0 Å². The standard InChI is InChI=1S/C17H22N4O5S2/c1-25-13-3-2-12(20-4-8-26-9-5-20)15-14(13)18-16(27-15)19-17(22)21-6-10-28(23,24)11-7-21/h2-3H,4-11H2,1H3,(H,18,19,22). The van der Waals surface area contributed by atoms with Crippen LogP contribution in [0.4, 0.5) is 15.6 Å². The van der Waals surface area contributed by atoms with Gasteiger partial charge in [-0.05, 0) is 12.1 Å². The maximum absolute atomic E-state index is 12.5. The molecule has 2 amide bonds. The van der Waals surface area contributed by atoms with Gasteiger partial charge in [0, 0.05) is 26.2 Å². The van der Waals surface area contributed by atoms with Crippen molar-refractivity contribution in [2.75, 3.05) is 68.2 Å². The van der Waals surface area contributed by atoms with Crippen molar-refractivity contribution in [3.05, 3.63) is 12.1 Å². The number of aromatic nitrogens is 1. The van der Waals surface area contributed by atoms with Gasteiger partial charge in [-0.2, -0.15) is 0 Å². The number of sulfone groups is 1. The van der Waals surface area contributed by atoms with E-state index in [4.69, 9.17) is 9.47 Å². The van der Waals surface area contributed by atoms with E-state index in [-0.39, 0.29) is 30.6 Å². The number of nitrogens with zero attached hydrogens (tertiary/aromatic N) is 3. The number of urea groups is 1. The molecular formula is C17H22N4O5S2. The first-order valence-electron chi connectivity index (χ1n) is 9.03. The number of rotatable bonds is 3. The number of anilines is 2. The van der Waals surface area contributed by atoms with Gasteiger partial charge in [0.15, 0.2) is 15.0 Å². The monoisotopic (exact) mass is 426 g/mol. The molecule has 2 aromatic rings. The zero-order valence-corrected chi connectivity index (χ0v) is 17.1. The van der Waals surface area contributed by atoms with Crippen LogP contribution < -0.4 is 15.0 Å². The minimum absolute atomic E-state index is 0.00470. The zero-order valence-electron chi connectivity index (χ0n) is 15.5. The first-order chi connectivity index (χ1) is 13.5. The van der Waals surface area contributed by atoms with E-state index < -0.39 is 9.84 Å². The van der Waals surface area contributed by atoms with Gasteiger partial charge in [0.25, 0.3) is 0 Å². The number of thiazole rings is 1. The highest BCUT2D eigenvalue weighted by Crippen LogP contribution is 2.39. The molecule has 11 heteroatoms. The summed E-state index contributed by atoms with van der Waals surface area (Å²) in [4.78, 5) is 20.8. The van der Waals surface area contributed by atoms with Crippen LogP contribution in [0.1, 0.15) is 0 Å². The molecule has 28 heavy (non-hydrogen) atoms. The topological polar surface area (TPSA) is 101 Å². The van der Waals surface area contributed by atoms with Gasteiger partial charge in [0.05, 0.1) is 42.2 Å². The molecule has 1 aromatic heterocycles. The molecule has 9 nitrogen and oxygen atoms in total. The highest BCUT2D eigenvalue weighted by atomic mass is 32.2. The van der Waals surface area contributed by atoms with Crippen molar-refractivity contribution >= 4 is 48.2 Å². The molecule has 0 spiro atoms. The van der Waals surface area contributed by atoms with E-state index in [1.165, 1.54) is 16.2 Å². The Bertz CT molecular complexity index is 971. The van der Waals surface area contributed by atoms with Crippen LogP contribution in [0.5, 0.6) is 5.75 Å². The van der Waals surface area contributed by atoms with Gasteiger partial charge in [0.2, 0.25) is 0 Å². The Morgan fingerprint density at radius 2 is 1.93 bits per heavy atom. The maximum atomic E-state index is 12.5. The van der Waals surface area contributed by atoms with Crippen molar-refractivity contribution in [3.8, 4) is 5.75 Å². The van der Waals surface area contributed by atoms with Crippen LogP contribution >= 0.6 is 11.3 Å². The van der Waals surface area contributed by atoms with E-state index in [9.17, 15) is 13.2 Å². The molecule has 0 radical (unpaired) electrons. The normalized spacial score (nSPS) is 19.6. The number of ether oxygens (including phenoxy) is 2. The fraction of sp³-hybridized carbons (Fsp3) is 0.529. The molecule has 2 aliphatic rings. The Morgan fingerprint density at radius 3 is 2.61 bits per heavy atom. The molecule has 0 unspecified atom stereocenters. The summed E-state index contributed by atoms with van der Waals surface area (Å²) in [5.74, 6) is 0.637. The van der Waals surface area contributed by atoms with E-state index in [0.29, 0.717) is 29.6 Å². The quantitative estimate of drug-likeness (QED) is 0.792. The third-order valence-electron chi connectivity index (χ3n) is 4.90. The maximum Gasteiger partial charge on any atom is 0.323 e. The average molecular weight is 427 g/mol. The number of amides is 2. The van der Waals surface area contributed by atoms with Gasteiger partial charge in [-0.3, -0.25) is 5.32 Å². The van der Waals surface area contributed by atoms with Crippen LogP contribution in [0.15, 0.2) is 12.1 Å². The lowest BCUT2D eigenvalue weighted by atomic mass is 10.2. The smallest absolute Gasteiger partial charge is 0.323 e. The van der Waals surface area contributed by atoms with Crippen molar-refractivity contribution in [2.45, 2.75) is 0 Å². The third kappa shape index (κ3) is 3.87. The van der Waals surface area contributed by atoms with Crippen molar-refractivity contribution in [1.82, 2.24) is 9.88 Å². The van der Waals surface area contributed by atoms with Gasteiger partial charge in [-0.25, -0.2) is 18.2 Å². The fourth-order valence-electron chi connectivity index (χ4n) is 3.33. The Labute approximate surface area is 167 Å². The molecule has 152 valence electrons. The van der Waals surface area contributed by atoms with Gasteiger partial charge in [-0.15, -0.1) is 0 Å². The molecule has 0 saturated carbocycles. The number of benzene rings is 1. The second kappa shape index (κ2) is 7.72. The molecule has 1 aromatic carbocycles. The van der Waals surface area contributed by atoms with E-state index in [2.05, 4.69) is 15.2 Å². The highest BCUT2D eigenvalue weighted by molar-refractivity contribution is 7.91. The molecule has 0 aliphatic carbocycles. The van der Waals surface area contributed by atoms with Crippen LogP contribution in [0, 0.1) is 0 Å². The lowest BCUT2D eigenvalue weighted by Crippen LogP contribution is -2.45. The van der Waals surface area contributed by atoms with Gasteiger partial charge >= 0.3 is 6.03 Å². The number of hydrogen-bond acceptors (Lipinski definition) is 8. The third-order valence-corrected chi connectivity index (χ3v) is 7.51. The fourth-order valence-corrected chi connectivity index (χ4v) is 5.54. The Hall–Kier alpha value is -2.11. The largest absolute Gasteiger partial charge is 0.494 e. The van der Waals surface area contributed by atoms with Crippen LogP contribution in [-0.2, 0) is 14.6 Å². The average Bonchev–Trinajstić information content (AvgIpc) is 3.11. The lowest BCUT2D eigenvalue weighted by Gasteiger charge is -2.29. The first-order valence-corrected chi connectivity index (χ1v) is 11.7. The SMILES string of the molecule is COc1ccc(N2CCOCC2)c2sc(NC(=O)N3CCS(=O)(=O)CC3)nc12. The molecule has 0 atom stereocenters. The summed E-state index contributed by atoms with van der Waals surface area (Å²) in [6.45, 7) is 3.33. The van der Waals surface area contributed by atoms with Crippen LogP contribution in [0.3, 0.4) is 0 Å². The number of morpholine rings is 1. The number of methoxy groups -OCH3 is 1. The number of carbonyl (C=O) groups excluding carboxylic acids is 1. The number of nitrogens with one attached hydrogen (secondary N) is 1. The van der Waals surface area contributed by atoms with Crippen LogP contribution in [0.2, 0.25) is 0 Å². The van der Waals surface area contributed by atoms with Crippen molar-refractivity contribution < 1.29 is 22.7 Å². The van der Waals surface area contributed by atoms with Gasteiger partial charge in [-0.1, -0.05) is 11.3 Å². The summed E-state index contributed by atoms with van der Waals surface area (Å²) >= 11 is 1.39. The lowest BCUT2D eigenvalue weighted by molar-refractivity contribution is 0.123. The van der Waals surface area contributed by atoms with Crippen molar-refractivity contribution in [3.63, 3.8) is 0 Å². The molecule has 4 rings (SSSR count). The molecule has 3 heterocycles. The van der Waals surface area contributed by atoms with E-state index in [0.717, 1.165) is 23.5 Å². The Morgan fingerprint density at radius 1 is 1.21 bits per heavy atom. The van der Waals surface area contributed by atoms with Crippen LogP contribution in [0.25, 0.3) is 10.2 Å². The van der Waals surface area contributed by atoms with Crippen molar-refractivity contribution in [1.29, 1.82) is 0 Å². The van der Waals surface area contributed by atoms with E-state index in [1.54, 1.807) is 7.11 Å². The van der Waals surface area contributed by atoms with Crippen LogP contribution in [-0.4, -0.2) is 82.3 Å². The molecule has 2 fully saturated rings. The van der Waals surface area contributed by atoms with E-state index in [1.807, 2.05) is 12.1 Å². The minimum Gasteiger partial charge on any atom is -0.494 e. The zero-order chi connectivity index (χ0) is 19.7. The van der Waals surface area contributed by atoms with Crippen molar-refractivity contribution in [2.24, 2.45) is 0 Å². The first kappa shape index (κ1) is 19.2. The molecule has 0 bridgehead atoms. The van der Waals surface area contributed by atoms with Gasteiger partial charge < -0.3 is 19.3 Å². The Balaban J connectivity index is 1.58. The number of fused-ring (bicyclic) bond motifs is 1. The Kier molecular flexibility index (Phi) is 5.30. The molecule has 2 aliphatic heterocycles. The van der Waals surface area contributed by atoms with Gasteiger partial charge in [0.1, 0.15) is 11.3 Å². The second-order valence-electron chi connectivity index (χ2n) is 6.65. The summed E-state index contributed by atoms with van der Waals surface area (Å²) in [7, 11) is -1.44. The summed E-state index contributed by atoms with van der Waals surface area (Å²) in [6.07, 6.45) is 0. The summed E-state index contributed by atoms with van der Waals surface area (Å²) < 4.78 is 34.9. The second-order valence-corrected chi connectivity index (χ2v) is 9.95. The summed E-state index contributed by atoms with van der Waals surface area (Å²) in [6, 6.07) is 3.56. The highest BCUT2D eigenvalue weighted by Gasteiger charge is 2.26. The molecule has 2 saturated heterocycles. The molecular weight excluding hydrogens is 404 g/mol. The predicted octanol–water partition coefficient (Wildman–Crippen LogP) is 1.40. The molecule has 1 N–H and O–H groups in total. The number of hydrogen-bond donors (Lipinski definition) is 1.